The highest BCUT2D eigenvalue weighted by Crippen LogP contribution is 2.32. The number of rotatable bonds is 5. The average molecular weight is 401 g/mol. The standard InChI is InChI=1S/C19H17BrN2O3/c20-15-8-6-13(7-9-15)16-12-17(14-4-2-1-3-5-14)22(21-16)18(23)10-11-19(24)25/h1-9,12,17,21H,10-11H2,(H,24,25). The number of carboxylic acid groups (broad SMARTS) is 1. The number of hydrogen-bond donors (Lipinski definition) is 2. The minimum Gasteiger partial charge on any atom is -0.481 e. The van der Waals surface area contributed by atoms with Crippen molar-refractivity contribution in [2.45, 2.75) is 18.9 Å². The Kier molecular flexibility index (Phi) is 5.19. The number of benzene rings is 2. The summed E-state index contributed by atoms with van der Waals surface area (Å²) in [6, 6.07) is 17.2. The Hall–Kier alpha value is -2.60. The van der Waals surface area contributed by atoms with E-state index < -0.39 is 5.97 Å². The van der Waals surface area contributed by atoms with Crippen molar-refractivity contribution in [3.63, 3.8) is 0 Å². The lowest BCUT2D eigenvalue weighted by Crippen LogP contribution is -2.39. The van der Waals surface area contributed by atoms with Crippen molar-refractivity contribution in [2.24, 2.45) is 0 Å². The van der Waals surface area contributed by atoms with Gasteiger partial charge in [-0.25, -0.2) is 5.01 Å². The third kappa shape index (κ3) is 4.09. The molecule has 1 amide bonds. The molecular formula is C19H17BrN2O3. The van der Waals surface area contributed by atoms with Crippen LogP contribution in [0.15, 0.2) is 65.1 Å². The number of hydrazine groups is 1. The van der Waals surface area contributed by atoms with Gasteiger partial charge in [0.05, 0.1) is 18.2 Å². The van der Waals surface area contributed by atoms with Gasteiger partial charge >= 0.3 is 5.97 Å². The lowest BCUT2D eigenvalue weighted by atomic mass is 10.0. The highest BCUT2D eigenvalue weighted by Gasteiger charge is 2.30. The molecule has 1 heterocycles. The van der Waals surface area contributed by atoms with E-state index in [2.05, 4.69) is 21.4 Å². The number of nitrogens with zero attached hydrogens (tertiary/aromatic N) is 1. The fourth-order valence-electron chi connectivity index (χ4n) is 2.71. The number of carbonyl (C=O) groups excluding carboxylic acids is 1. The van der Waals surface area contributed by atoms with Crippen LogP contribution >= 0.6 is 15.9 Å². The van der Waals surface area contributed by atoms with Gasteiger partial charge in [0.15, 0.2) is 0 Å². The van der Waals surface area contributed by atoms with Gasteiger partial charge in [0, 0.05) is 10.9 Å². The Morgan fingerprint density at radius 1 is 1.04 bits per heavy atom. The Morgan fingerprint density at radius 2 is 1.72 bits per heavy atom. The normalized spacial score (nSPS) is 16.3. The fourth-order valence-corrected chi connectivity index (χ4v) is 2.97. The molecule has 0 radical (unpaired) electrons. The first-order valence-corrected chi connectivity index (χ1v) is 8.67. The van der Waals surface area contributed by atoms with Crippen molar-refractivity contribution in [3.8, 4) is 0 Å². The van der Waals surface area contributed by atoms with E-state index in [9.17, 15) is 9.59 Å². The topological polar surface area (TPSA) is 69.6 Å². The van der Waals surface area contributed by atoms with Crippen LogP contribution in [0.4, 0.5) is 0 Å². The monoisotopic (exact) mass is 400 g/mol. The number of amides is 1. The smallest absolute Gasteiger partial charge is 0.303 e. The molecule has 2 aromatic carbocycles. The summed E-state index contributed by atoms with van der Waals surface area (Å²) in [6.07, 6.45) is 1.75. The quantitative estimate of drug-likeness (QED) is 0.801. The molecule has 0 aliphatic carbocycles. The number of hydrogen-bond acceptors (Lipinski definition) is 3. The Bertz CT molecular complexity index is 803. The van der Waals surface area contributed by atoms with Crippen LogP contribution in [0.25, 0.3) is 5.70 Å². The first kappa shape index (κ1) is 17.2. The van der Waals surface area contributed by atoms with E-state index in [0.29, 0.717) is 0 Å². The third-order valence-electron chi connectivity index (χ3n) is 3.96. The summed E-state index contributed by atoms with van der Waals surface area (Å²) in [4.78, 5) is 23.3. The van der Waals surface area contributed by atoms with E-state index in [1.54, 1.807) is 0 Å². The van der Waals surface area contributed by atoms with E-state index in [1.807, 2.05) is 60.7 Å². The van der Waals surface area contributed by atoms with Gasteiger partial charge in [-0.15, -0.1) is 0 Å². The van der Waals surface area contributed by atoms with Gasteiger partial charge in [-0.3, -0.25) is 15.0 Å². The number of aliphatic carboxylic acids is 1. The van der Waals surface area contributed by atoms with Gasteiger partial charge in [-0.1, -0.05) is 58.4 Å². The first-order chi connectivity index (χ1) is 12.0. The molecular weight excluding hydrogens is 384 g/mol. The average Bonchev–Trinajstić information content (AvgIpc) is 3.06. The molecule has 3 rings (SSSR count). The van der Waals surface area contributed by atoms with Crippen molar-refractivity contribution in [2.75, 3.05) is 0 Å². The molecule has 1 atom stereocenters. The molecule has 128 valence electrons. The molecule has 6 heteroatoms. The molecule has 0 aromatic heterocycles. The van der Waals surface area contributed by atoms with E-state index >= 15 is 0 Å². The van der Waals surface area contributed by atoms with Crippen molar-refractivity contribution in [1.29, 1.82) is 0 Å². The Labute approximate surface area is 154 Å². The van der Waals surface area contributed by atoms with Gasteiger partial charge in [0.2, 0.25) is 5.91 Å². The minimum atomic E-state index is -0.982. The van der Waals surface area contributed by atoms with Gasteiger partial charge < -0.3 is 5.11 Å². The molecule has 2 N–H and O–H groups in total. The second kappa shape index (κ2) is 7.53. The van der Waals surface area contributed by atoms with E-state index in [4.69, 9.17) is 5.11 Å². The summed E-state index contributed by atoms with van der Waals surface area (Å²) in [5, 5.41) is 10.3. The Balaban J connectivity index is 1.88. The minimum absolute atomic E-state index is 0.0485. The highest BCUT2D eigenvalue weighted by molar-refractivity contribution is 9.10. The molecule has 0 spiro atoms. The molecule has 0 bridgehead atoms. The van der Waals surface area contributed by atoms with Gasteiger partial charge in [0.1, 0.15) is 0 Å². The SMILES string of the molecule is O=C(O)CCC(=O)N1NC(c2ccc(Br)cc2)=CC1c1ccccc1. The summed E-state index contributed by atoms with van der Waals surface area (Å²) < 4.78 is 0.976. The summed E-state index contributed by atoms with van der Waals surface area (Å²) in [5.74, 6) is -1.23. The molecule has 0 saturated heterocycles. The maximum absolute atomic E-state index is 12.5. The lowest BCUT2D eigenvalue weighted by Gasteiger charge is -2.25. The highest BCUT2D eigenvalue weighted by atomic mass is 79.9. The van der Waals surface area contributed by atoms with Crippen LogP contribution in [0.5, 0.6) is 0 Å². The summed E-state index contributed by atoms with van der Waals surface area (Å²) in [6.45, 7) is 0. The van der Waals surface area contributed by atoms with Crippen LogP contribution in [0.2, 0.25) is 0 Å². The number of carbonyl (C=O) groups is 2. The zero-order valence-electron chi connectivity index (χ0n) is 13.4. The van der Waals surface area contributed by atoms with Gasteiger partial charge in [-0.05, 0) is 29.3 Å². The van der Waals surface area contributed by atoms with Crippen LogP contribution < -0.4 is 5.43 Å². The van der Waals surface area contributed by atoms with Crippen molar-refractivity contribution in [3.05, 3.63) is 76.3 Å². The zero-order valence-corrected chi connectivity index (χ0v) is 14.9. The fraction of sp³-hybridized carbons (Fsp3) is 0.158. The molecule has 25 heavy (non-hydrogen) atoms. The molecule has 0 saturated carbocycles. The third-order valence-corrected chi connectivity index (χ3v) is 4.49. The second-order valence-electron chi connectivity index (χ2n) is 5.71. The van der Waals surface area contributed by atoms with E-state index in [0.717, 1.165) is 21.3 Å². The Morgan fingerprint density at radius 3 is 2.36 bits per heavy atom. The lowest BCUT2D eigenvalue weighted by molar-refractivity contribution is -0.142. The molecule has 5 nitrogen and oxygen atoms in total. The maximum Gasteiger partial charge on any atom is 0.303 e. The van der Waals surface area contributed by atoms with Crippen LogP contribution in [-0.2, 0) is 9.59 Å². The zero-order chi connectivity index (χ0) is 17.8. The summed E-state index contributed by atoms with van der Waals surface area (Å²) in [7, 11) is 0. The van der Waals surface area contributed by atoms with Crippen LogP contribution in [-0.4, -0.2) is 22.0 Å². The molecule has 1 aliphatic heterocycles. The maximum atomic E-state index is 12.5. The largest absolute Gasteiger partial charge is 0.481 e. The van der Waals surface area contributed by atoms with E-state index in [1.165, 1.54) is 5.01 Å². The molecule has 1 aliphatic rings. The van der Waals surface area contributed by atoms with Crippen molar-refractivity contribution < 1.29 is 14.7 Å². The van der Waals surface area contributed by atoms with Crippen molar-refractivity contribution in [1.82, 2.24) is 10.4 Å². The molecule has 0 fully saturated rings. The van der Waals surface area contributed by atoms with Gasteiger partial charge in [-0.2, -0.15) is 0 Å². The van der Waals surface area contributed by atoms with Crippen molar-refractivity contribution >= 4 is 33.5 Å². The summed E-state index contributed by atoms with van der Waals surface area (Å²) in [5.41, 5.74) is 5.88. The molecule has 1 unspecified atom stereocenters. The van der Waals surface area contributed by atoms with Gasteiger partial charge in [0.25, 0.3) is 0 Å². The predicted octanol–water partition coefficient (Wildman–Crippen LogP) is 3.74. The summed E-state index contributed by atoms with van der Waals surface area (Å²) >= 11 is 3.41. The van der Waals surface area contributed by atoms with E-state index in [-0.39, 0.29) is 24.8 Å². The number of carboxylic acids is 1. The van der Waals surface area contributed by atoms with Crippen LogP contribution in [0.1, 0.15) is 30.0 Å². The second-order valence-corrected chi connectivity index (χ2v) is 6.63. The van der Waals surface area contributed by atoms with Crippen LogP contribution in [0, 0.1) is 0 Å². The predicted molar refractivity (Wildman–Crippen MR) is 98.2 cm³/mol. The first-order valence-electron chi connectivity index (χ1n) is 7.88. The number of halogens is 1. The molecule has 2 aromatic rings. The number of nitrogens with one attached hydrogen (secondary N) is 1. The van der Waals surface area contributed by atoms with Crippen LogP contribution in [0.3, 0.4) is 0 Å².